The summed E-state index contributed by atoms with van der Waals surface area (Å²) < 4.78 is -1.000. The normalized spacial score (nSPS) is 32.8. The first-order chi connectivity index (χ1) is 15.4. The van der Waals surface area contributed by atoms with Gasteiger partial charge in [-0.25, -0.2) is 0 Å². The monoisotopic (exact) mass is 459 g/mol. The smallest absolute Gasteiger partial charge is 0.244 e. The van der Waals surface area contributed by atoms with Crippen molar-refractivity contribution >= 4 is 29.5 Å². The topological polar surface area (TPSA) is 98.7 Å². The lowest BCUT2D eigenvalue weighted by atomic mass is 9.66. The number of nitrogens with zero attached hydrogens (tertiary/aromatic N) is 1. The Kier molecular flexibility index (Phi) is 6.54. The number of carbonyl (C=O) groups excluding carboxylic acids is 3. The summed E-state index contributed by atoms with van der Waals surface area (Å²) in [4.78, 5) is 41.8. The highest BCUT2D eigenvalue weighted by atomic mass is 32.2. The van der Waals surface area contributed by atoms with Crippen molar-refractivity contribution in [2.45, 2.75) is 61.6 Å². The molecule has 3 heterocycles. The van der Waals surface area contributed by atoms with Crippen LogP contribution in [0.4, 0.5) is 0 Å². The lowest BCUT2D eigenvalue weighted by Crippen LogP contribution is -2.54. The van der Waals surface area contributed by atoms with E-state index in [-0.39, 0.29) is 35.6 Å². The van der Waals surface area contributed by atoms with Gasteiger partial charge < -0.3 is 20.6 Å². The molecule has 0 saturated carbocycles. The number of aliphatic hydroxyl groups is 1. The van der Waals surface area contributed by atoms with Gasteiger partial charge in [-0.05, 0) is 31.7 Å². The maximum absolute atomic E-state index is 13.6. The van der Waals surface area contributed by atoms with Crippen molar-refractivity contribution in [1.82, 2.24) is 15.5 Å². The van der Waals surface area contributed by atoms with Crippen LogP contribution in [0.2, 0.25) is 0 Å². The van der Waals surface area contributed by atoms with E-state index in [0.29, 0.717) is 13.1 Å². The number of aliphatic hydroxyl groups excluding tert-OH is 1. The molecule has 8 heteroatoms. The van der Waals surface area contributed by atoms with Crippen molar-refractivity contribution < 1.29 is 19.5 Å². The molecule has 32 heavy (non-hydrogen) atoms. The largest absolute Gasteiger partial charge is 0.395 e. The van der Waals surface area contributed by atoms with Crippen LogP contribution in [0, 0.1) is 11.8 Å². The van der Waals surface area contributed by atoms with Crippen LogP contribution in [0.5, 0.6) is 0 Å². The average Bonchev–Trinajstić information content (AvgIpc) is 3.34. The van der Waals surface area contributed by atoms with E-state index in [4.69, 9.17) is 0 Å². The number of β-amino-alcohol motifs (C(OH)–C–C–N with tert-alkyl or cyclic N) is 1. The number of likely N-dealkylation sites (tertiary alicyclic amines) is 1. The molecule has 1 aromatic rings. The van der Waals surface area contributed by atoms with E-state index in [0.717, 1.165) is 31.2 Å². The highest BCUT2D eigenvalue weighted by Crippen LogP contribution is 2.71. The standard InChI is InChI=1S/C24H33N3O4S/c1-3-4-12-25-21(30)19-24-11-10-23(2,32-24)17(18(24)22(31)27(19)13-14-28)20(29)26-15-16-8-6-5-7-9-16/h5-9,17-19,28H,3-4,10-15H2,1-2H3,(H,25,30)(H,26,29)/t17-,18+,19?,23+,24?/m1/s1. The zero-order valence-electron chi connectivity index (χ0n) is 18.8. The van der Waals surface area contributed by atoms with Gasteiger partial charge in [-0.3, -0.25) is 14.4 Å². The minimum absolute atomic E-state index is 0.110. The fraction of sp³-hybridized carbons (Fsp3) is 0.625. The summed E-state index contributed by atoms with van der Waals surface area (Å²) in [5.41, 5.74) is 1.00. The molecule has 3 aliphatic rings. The molecule has 1 aromatic carbocycles. The SMILES string of the molecule is CCCCNC(=O)C1N(CCO)C(=O)[C@@H]2[C@H](C(=O)NCc3ccccc3)[C@]3(C)CCC12S3. The van der Waals surface area contributed by atoms with Crippen LogP contribution in [-0.2, 0) is 20.9 Å². The molecule has 5 atom stereocenters. The molecule has 3 aliphatic heterocycles. The van der Waals surface area contributed by atoms with E-state index in [1.54, 1.807) is 11.8 Å². The van der Waals surface area contributed by atoms with Crippen molar-refractivity contribution in [2.24, 2.45) is 11.8 Å². The summed E-state index contributed by atoms with van der Waals surface area (Å²) in [7, 11) is 0. The molecule has 0 aromatic heterocycles. The third kappa shape index (κ3) is 3.71. The number of rotatable bonds is 9. The Morgan fingerprint density at radius 1 is 1.19 bits per heavy atom. The van der Waals surface area contributed by atoms with Gasteiger partial charge in [0.05, 0.1) is 23.2 Å². The van der Waals surface area contributed by atoms with Crippen LogP contribution >= 0.6 is 11.8 Å². The van der Waals surface area contributed by atoms with Crippen LogP contribution in [-0.4, -0.2) is 63.0 Å². The van der Waals surface area contributed by atoms with Crippen molar-refractivity contribution in [3.63, 3.8) is 0 Å². The highest BCUT2D eigenvalue weighted by molar-refractivity contribution is 8.02. The van der Waals surface area contributed by atoms with E-state index in [1.165, 1.54) is 4.90 Å². The summed E-state index contributed by atoms with van der Waals surface area (Å²) in [6.45, 7) is 5.00. The second kappa shape index (κ2) is 9.06. The molecule has 2 unspecified atom stereocenters. The minimum atomic E-state index is -0.650. The van der Waals surface area contributed by atoms with Gasteiger partial charge in [0.15, 0.2) is 0 Å². The number of benzene rings is 1. The molecule has 3 saturated heterocycles. The molecular weight excluding hydrogens is 426 g/mol. The first-order valence-corrected chi connectivity index (χ1v) is 12.4. The van der Waals surface area contributed by atoms with E-state index in [2.05, 4.69) is 24.5 Å². The van der Waals surface area contributed by atoms with Gasteiger partial charge in [0, 0.05) is 24.4 Å². The highest BCUT2D eigenvalue weighted by Gasteiger charge is 2.76. The van der Waals surface area contributed by atoms with Crippen LogP contribution in [0.25, 0.3) is 0 Å². The van der Waals surface area contributed by atoms with Crippen LogP contribution < -0.4 is 10.6 Å². The van der Waals surface area contributed by atoms with E-state index in [9.17, 15) is 19.5 Å². The third-order valence-corrected chi connectivity index (χ3v) is 9.27. The zero-order chi connectivity index (χ0) is 22.9. The summed E-state index contributed by atoms with van der Waals surface area (Å²) in [6.07, 6.45) is 3.35. The Labute approximate surface area is 193 Å². The summed E-state index contributed by atoms with van der Waals surface area (Å²) in [6, 6.07) is 9.06. The molecule has 3 amide bonds. The summed E-state index contributed by atoms with van der Waals surface area (Å²) in [5.74, 6) is -1.50. The molecule has 3 N–H and O–H groups in total. The second-order valence-corrected chi connectivity index (χ2v) is 11.2. The van der Waals surface area contributed by atoms with Crippen LogP contribution in [0.3, 0.4) is 0 Å². The maximum atomic E-state index is 13.6. The van der Waals surface area contributed by atoms with Crippen LogP contribution in [0.1, 0.15) is 45.1 Å². The molecule has 7 nitrogen and oxygen atoms in total. The molecule has 174 valence electrons. The number of unbranched alkanes of at least 4 members (excludes halogenated alkanes) is 1. The molecule has 3 fully saturated rings. The Hall–Kier alpha value is -2.06. The van der Waals surface area contributed by atoms with Gasteiger partial charge in [0.25, 0.3) is 0 Å². The maximum Gasteiger partial charge on any atom is 0.244 e. The van der Waals surface area contributed by atoms with Gasteiger partial charge in [-0.2, -0.15) is 0 Å². The molecular formula is C24H33N3O4S. The number of carbonyl (C=O) groups is 3. The predicted molar refractivity (Wildman–Crippen MR) is 124 cm³/mol. The number of nitrogens with one attached hydrogen (secondary N) is 2. The summed E-state index contributed by atoms with van der Waals surface area (Å²) in [5, 5.41) is 15.7. The van der Waals surface area contributed by atoms with Crippen LogP contribution in [0.15, 0.2) is 30.3 Å². The first-order valence-electron chi connectivity index (χ1n) is 11.6. The molecule has 2 bridgehead atoms. The van der Waals surface area contributed by atoms with Gasteiger partial charge in [0.2, 0.25) is 17.7 Å². The third-order valence-electron chi connectivity index (χ3n) is 7.29. The number of hydrogen-bond acceptors (Lipinski definition) is 5. The number of thioether (sulfide) groups is 1. The fourth-order valence-electron chi connectivity index (χ4n) is 5.86. The van der Waals surface area contributed by atoms with E-state index >= 15 is 0 Å². The van der Waals surface area contributed by atoms with Gasteiger partial charge >= 0.3 is 0 Å². The van der Waals surface area contributed by atoms with Gasteiger partial charge in [-0.15, -0.1) is 11.8 Å². The quantitative estimate of drug-likeness (QED) is 0.488. The molecule has 0 aliphatic carbocycles. The molecule has 0 radical (unpaired) electrons. The Bertz CT molecular complexity index is 881. The van der Waals surface area contributed by atoms with Crippen molar-refractivity contribution in [2.75, 3.05) is 19.7 Å². The summed E-state index contributed by atoms with van der Waals surface area (Å²) >= 11 is 1.65. The fourth-order valence-corrected chi connectivity index (χ4v) is 8.21. The van der Waals surface area contributed by atoms with Crippen molar-refractivity contribution in [3.8, 4) is 0 Å². The van der Waals surface area contributed by atoms with Gasteiger partial charge in [0.1, 0.15) is 6.04 Å². The Balaban J connectivity index is 1.60. The lowest BCUT2D eigenvalue weighted by molar-refractivity contribution is -0.141. The second-order valence-electron chi connectivity index (χ2n) is 9.33. The van der Waals surface area contributed by atoms with Crippen molar-refractivity contribution in [1.29, 1.82) is 0 Å². The zero-order valence-corrected chi connectivity index (χ0v) is 19.6. The number of amides is 3. The van der Waals surface area contributed by atoms with E-state index in [1.807, 2.05) is 30.3 Å². The number of hydrogen-bond donors (Lipinski definition) is 3. The van der Waals surface area contributed by atoms with Gasteiger partial charge in [-0.1, -0.05) is 43.7 Å². The number of fused-ring (bicyclic) bond motifs is 1. The lowest BCUT2D eigenvalue weighted by Gasteiger charge is -2.34. The Morgan fingerprint density at radius 3 is 2.62 bits per heavy atom. The average molecular weight is 460 g/mol. The molecule has 1 spiro atoms. The molecule has 4 rings (SSSR count). The van der Waals surface area contributed by atoms with Crippen molar-refractivity contribution in [3.05, 3.63) is 35.9 Å². The minimum Gasteiger partial charge on any atom is -0.395 e. The van der Waals surface area contributed by atoms with E-state index < -0.39 is 22.6 Å². The predicted octanol–water partition coefficient (Wildman–Crippen LogP) is 1.69. The first kappa shape index (κ1) is 23.1. The Morgan fingerprint density at radius 2 is 1.94 bits per heavy atom.